The number of fused-ring (bicyclic) bond motifs is 2. The van der Waals surface area contributed by atoms with Gasteiger partial charge >= 0.3 is 0 Å². The molecule has 18 heavy (non-hydrogen) atoms. The van der Waals surface area contributed by atoms with E-state index < -0.39 is 0 Å². The van der Waals surface area contributed by atoms with Gasteiger partial charge in [0.2, 0.25) is 0 Å². The molecule has 1 heterocycles. The van der Waals surface area contributed by atoms with Gasteiger partial charge in [0, 0.05) is 24.1 Å². The Morgan fingerprint density at radius 1 is 1.11 bits per heavy atom. The lowest BCUT2D eigenvalue weighted by molar-refractivity contribution is 0.0907. The summed E-state index contributed by atoms with van der Waals surface area (Å²) in [6.07, 6.45) is 3.95. The van der Waals surface area contributed by atoms with Crippen LogP contribution in [0.15, 0.2) is 42.6 Å². The molecule has 3 rings (SSSR count). The van der Waals surface area contributed by atoms with Crippen LogP contribution in [0.4, 0.5) is 0 Å². The van der Waals surface area contributed by atoms with Crippen molar-refractivity contribution in [1.29, 1.82) is 0 Å². The van der Waals surface area contributed by atoms with E-state index in [1.165, 1.54) is 22.4 Å². The Morgan fingerprint density at radius 2 is 1.94 bits per heavy atom. The molecule has 0 saturated carbocycles. The number of rotatable bonds is 2. The van der Waals surface area contributed by atoms with E-state index in [0.717, 1.165) is 12.8 Å². The summed E-state index contributed by atoms with van der Waals surface area (Å²) in [7, 11) is 0. The van der Waals surface area contributed by atoms with Crippen LogP contribution in [-0.2, 0) is 17.6 Å². The lowest BCUT2D eigenvalue weighted by Crippen LogP contribution is -2.08. The lowest BCUT2D eigenvalue weighted by Gasteiger charge is -2.19. The maximum atomic E-state index is 5.98. The summed E-state index contributed by atoms with van der Waals surface area (Å²) in [6, 6.07) is 12.7. The minimum atomic E-state index is 0.0393. The van der Waals surface area contributed by atoms with Crippen LogP contribution in [0.5, 0.6) is 0 Å². The monoisotopic (exact) mass is 239 g/mol. The van der Waals surface area contributed by atoms with E-state index in [-0.39, 0.29) is 6.10 Å². The molecule has 1 aliphatic rings. The first-order chi connectivity index (χ1) is 8.90. The van der Waals surface area contributed by atoms with Gasteiger partial charge in [-0.1, -0.05) is 30.3 Å². The first-order valence-corrected chi connectivity index (χ1v) is 6.53. The van der Waals surface area contributed by atoms with Gasteiger partial charge in [-0.15, -0.1) is 0 Å². The van der Waals surface area contributed by atoms with Crippen molar-refractivity contribution in [1.82, 2.24) is 4.98 Å². The van der Waals surface area contributed by atoms with Crippen molar-refractivity contribution < 1.29 is 4.74 Å². The molecule has 1 atom stereocenters. The van der Waals surface area contributed by atoms with E-state index in [2.05, 4.69) is 35.3 Å². The molecule has 2 aromatic rings. The van der Waals surface area contributed by atoms with Crippen LogP contribution in [-0.4, -0.2) is 11.6 Å². The van der Waals surface area contributed by atoms with Gasteiger partial charge in [0.1, 0.15) is 6.10 Å². The zero-order valence-corrected chi connectivity index (χ0v) is 10.6. The fraction of sp³-hybridized carbons (Fsp3) is 0.312. The highest BCUT2D eigenvalue weighted by molar-refractivity contribution is 5.40. The standard InChI is InChI=1S/C16H17NO/c1-2-18-16-13-7-4-3-6-12(13)9-10-15-14(16)8-5-11-17-15/h3-8,11,16H,2,9-10H2,1H3. The Hall–Kier alpha value is -1.67. The summed E-state index contributed by atoms with van der Waals surface area (Å²) < 4.78 is 5.98. The number of hydrogen-bond acceptors (Lipinski definition) is 2. The molecule has 0 saturated heterocycles. The number of aryl methyl sites for hydroxylation is 2. The van der Waals surface area contributed by atoms with Crippen LogP contribution >= 0.6 is 0 Å². The second-order valence-corrected chi connectivity index (χ2v) is 4.57. The predicted octanol–water partition coefficient (Wildman–Crippen LogP) is 3.31. The summed E-state index contributed by atoms with van der Waals surface area (Å²) in [5.74, 6) is 0. The fourth-order valence-corrected chi connectivity index (χ4v) is 2.68. The minimum absolute atomic E-state index is 0.0393. The van der Waals surface area contributed by atoms with Crippen LogP contribution in [0.3, 0.4) is 0 Å². The van der Waals surface area contributed by atoms with Gasteiger partial charge in [0.05, 0.1) is 0 Å². The molecule has 0 fully saturated rings. The Morgan fingerprint density at radius 3 is 2.83 bits per heavy atom. The molecule has 2 nitrogen and oxygen atoms in total. The van der Waals surface area contributed by atoms with Crippen LogP contribution in [0.1, 0.15) is 35.4 Å². The van der Waals surface area contributed by atoms with Gasteiger partial charge in [-0.05, 0) is 37.0 Å². The van der Waals surface area contributed by atoms with E-state index in [0.29, 0.717) is 6.61 Å². The minimum Gasteiger partial charge on any atom is -0.369 e. The number of ether oxygens (including phenoxy) is 1. The van der Waals surface area contributed by atoms with E-state index >= 15 is 0 Å². The number of pyridine rings is 1. The van der Waals surface area contributed by atoms with E-state index in [9.17, 15) is 0 Å². The van der Waals surface area contributed by atoms with Crippen molar-refractivity contribution in [2.45, 2.75) is 25.9 Å². The largest absolute Gasteiger partial charge is 0.369 e. The molecule has 0 spiro atoms. The van der Waals surface area contributed by atoms with Crippen molar-refractivity contribution in [3.8, 4) is 0 Å². The highest BCUT2D eigenvalue weighted by Crippen LogP contribution is 2.33. The summed E-state index contributed by atoms with van der Waals surface area (Å²) >= 11 is 0. The molecule has 0 amide bonds. The molecule has 1 unspecified atom stereocenters. The van der Waals surface area contributed by atoms with Crippen molar-refractivity contribution in [3.05, 3.63) is 65.0 Å². The number of nitrogens with zero attached hydrogens (tertiary/aromatic N) is 1. The molecular formula is C16H17NO. The first kappa shape index (κ1) is 11.4. The SMILES string of the molecule is CCOC1c2ccccc2CCc2ncccc21. The molecule has 2 heteroatoms. The quantitative estimate of drug-likeness (QED) is 0.802. The molecule has 1 aromatic carbocycles. The molecule has 0 N–H and O–H groups in total. The molecule has 0 aliphatic heterocycles. The average molecular weight is 239 g/mol. The van der Waals surface area contributed by atoms with E-state index in [1.807, 2.05) is 19.2 Å². The fourth-order valence-electron chi connectivity index (χ4n) is 2.68. The normalized spacial score (nSPS) is 17.7. The van der Waals surface area contributed by atoms with Crippen LogP contribution in [0.2, 0.25) is 0 Å². The third-order valence-electron chi connectivity index (χ3n) is 3.51. The van der Waals surface area contributed by atoms with Crippen LogP contribution in [0, 0.1) is 0 Å². The molecular weight excluding hydrogens is 222 g/mol. The second kappa shape index (κ2) is 4.91. The average Bonchev–Trinajstić information content (AvgIpc) is 2.58. The molecule has 0 bridgehead atoms. The molecule has 1 aliphatic carbocycles. The van der Waals surface area contributed by atoms with Gasteiger partial charge in [-0.2, -0.15) is 0 Å². The lowest BCUT2D eigenvalue weighted by atomic mass is 9.98. The summed E-state index contributed by atoms with van der Waals surface area (Å²) in [5.41, 5.74) is 5.08. The van der Waals surface area contributed by atoms with Crippen molar-refractivity contribution in [3.63, 3.8) is 0 Å². The highest BCUT2D eigenvalue weighted by Gasteiger charge is 2.23. The Balaban J connectivity index is 2.15. The third-order valence-corrected chi connectivity index (χ3v) is 3.51. The van der Waals surface area contributed by atoms with Crippen molar-refractivity contribution in [2.24, 2.45) is 0 Å². The Kier molecular flexibility index (Phi) is 3.11. The summed E-state index contributed by atoms with van der Waals surface area (Å²) in [5, 5.41) is 0. The Labute approximate surface area is 108 Å². The topological polar surface area (TPSA) is 22.1 Å². The third kappa shape index (κ3) is 1.93. The molecule has 1 aromatic heterocycles. The Bertz CT molecular complexity index is 503. The maximum Gasteiger partial charge on any atom is 0.110 e. The van der Waals surface area contributed by atoms with Crippen molar-refractivity contribution in [2.75, 3.05) is 6.61 Å². The number of aromatic nitrogens is 1. The smallest absolute Gasteiger partial charge is 0.110 e. The second-order valence-electron chi connectivity index (χ2n) is 4.57. The van der Waals surface area contributed by atoms with Gasteiger partial charge in [0.15, 0.2) is 0 Å². The first-order valence-electron chi connectivity index (χ1n) is 6.53. The van der Waals surface area contributed by atoms with E-state index in [1.54, 1.807) is 0 Å². The molecule has 92 valence electrons. The van der Waals surface area contributed by atoms with Gasteiger partial charge in [-0.25, -0.2) is 0 Å². The van der Waals surface area contributed by atoms with Gasteiger partial charge < -0.3 is 4.74 Å². The highest BCUT2D eigenvalue weighted by atomic mass is 16.5. The summed E-state index contributed by atoms with van der Waals surface area (Å²) in [4.78, 5) is 4.51. The van der Waals surface area contributed by atoms with Crippen LogP contribution < -0.4 is 0 Å². The van der Waals surface area contributed by atoms with Gasteiger partial charge in [-0.3, -0.25) is 4.98 Å². The van der Waals surface area contributed by atoms with Crippen molar-refractivity contribution >= 4 is 0 Å². The summed E-state index contributed by atoms with van der Waals surface area (Å²) in [6.45, 7) is 2.76. The number of hydrogen-bond donors (Lipinski definition) is 0. The number of benzene rings is 1. The van der Waals surface area contributed by atoms with E-state index in [4.69, 9.17) is 4.74 Å². The predicted molar refractivity (Wildman–Crippen MR) is 71.6 cm³/mol. The van der Waals surface area contributed by atoms with Crippen LogP contribution in [0.25, 0.3) is 0 Å². The zero-order chi connectivity index (χ0) is 12.4. The zero-order valence-electron chi connectivity index (χ0n) is 10.6. The maximum absolute atomic E-state index is 5.98. The van der Waals surface area contributed by atoms with Gasteiger partial charge in [0.25, 0.3) is 0 Å². The molecule has 0 radical (unpaired) electrons.